The van der Waals surface area contributed by atoms with Gasteiger partial charge in [0.1, 0.15) is 0 Å². The molecule has 1 aliphatic rings. The third-order valence-corrected chi connectivity index (χ3v) is 3.46. The maximum Gasteiger partial charge on any atom is 0.304 e. The number of ether oxygens (including phenoxy) is 1. The summed E-state index contributed by atoms with van der Waals surface area (Å²) in [5.41, 5.74) is 5.73. The lowest BCUT2D eigenvalue weighted by molar-refractivity contribution is -0.142. The normalized spacial score (nSPS) is 22.1. The van der Waals surface area contributed by atoms with Crippen molar-refractivity contribution in [2.45, 2.75) is 38.6 Å². The lowest BCUT2D eigenvalue weighted by atomic mass is 9.73. The summed E-state index contributed by atoms with van der Waals surface area (Å²) in [6.45, 7) is 2.46. The fourth-order valence-corrected chi connectivity index (χ4v) is 2.47. The zero-order chi connectivity index (χ0) is 11.5. The molecule has 1 fully saturated rings. The summed E-state index contributed by atoms with van der Waals surface area (Å²) in [6.07, 6.45) is 3.10. The first-order valence-corrected chi connectivity index (χ1v) is 5.53. The zero-order valence-electron chi connectivity index (χ0n) is 9.53. The third-order valence-electron chi connectivity index (χ3n) is 3.46. The third kappa shape index (κ3) is 2.69. The molecule has 4 heteroatoms. The van der Waals surface area contributed by atoms with E-state index >= 15 is 0 Å². The van der Waals surface area contributed by atoms with Gasteiger partial charge in [-0.1, -0.05) is 6.92 Å². The quantitative estimate of drug-likeness (QED) is 0.670. The minimum Gasteiger partial charge on any atom is -0.481 e. The molecular formula is C11H21NO3. The molecule has 0 aromatic carbocycles. The van der Waals surface area contributed by atoms with Crippen molar-refractivity contribution in [1.82, 2.24) is 0 Å². The Morgan fingerprint density at radius 3 is 2.60 bits per heavy atom. The molecule has 88 valence electrons. The molecule has 1 saturated carbocycles. The van der Waals surface area contributed by atoms with Crippen molar-refractivity contribution in [3.8, 4) is 0 Å². The molecule has 2 unspecified atom stereocenters. The molecule has 1 rings (SSSR count). The van der Waals surface area contributed by atoms with Gasteiger partial charge in [-0.05, 0) is 25.2 Å². The molecule has 0 aromatic rings. The van der Waals surface area contributed by atoms with Crippen molar-refractivity contribution < 1.29 is 14.6 Å². The minimum absolute atomic E-state index is 0.0824. The van der Waals surface area contributed by atoms with Gasteiger partial charge in [0.25, 0.3) is 0 Å². The second-order valence-corrected chi connectivity index (χ2v) is 4.53. The molecule has 0 saturated heterocycles. The van der Waals surface area contributed by atoms with Gasteiger partial charge >= 0.3 is 5.97 Å². The van der Waals surface area contributed by atoms with Crippen LogP contribution in [-0.2, 0) is 9.53 Å². The predicted molar refractivity (Wildman–Crippen MR) is 57.6 cm³/mol. The Morgan fingerprint density at radius 2 is 2.27 bits per heavy atom. The van der Waals surface area contributed by atoms with Crippen LogP contribution in [0.4, 0.5) is 0 Å². The van der Waals surface area contributed by atoms with Gasteiger partial charge in [0.15, 0.2) is 0 Å². The molecule has 4 nitrogen and oxygen atoms in total. The van der Waals surface area contributed by atoms with Crippen LogP contribution in [-0.4, -0.2) is 30.8 Å². The fraction of sp³-hybridized carbons (Fsp3) is 0.909. The van der Waals surface area contributed by atoms with Crippen LogP contribution in [0.15, 0.2) is 0 Å². The van der Waals surface area contributed by atoms with Crippen molar-refractivity contribution in [3.63, 3.8) is 0 Å². The summed E-state index contributed by atoms with van der Waals surface area (Å²) in [7, 11) is 1.61. The number of nitrogens with two attached hydrogens (primary N) is 1. The average molecular weight is 215 g/mol. The van der Waals surface area contributed by atoms with Gasteiger partial charge < -0.3 is 15.6 Å². The van der Waals surface area contributed by atoms with E-state index in [1.807, 2.05) is 6.92 Å². The Bertz CT molecular complexity index is 228. The molecule has 0 spiro atoms. The van der Waals surface area contributed by atoms with Gasteiger partial charge in [-0.15, -0.1) is 0 Å². The van der Waals surface area contributed by atoms with Crippen LogP contribution in [0.1, 0.15) is 32.6 Å². The van der Waals surface area contributed by atoms with Crippen LogP contribution < -0.4 is 5.73 Å². The lowest BCUT2D eigenvalue weighted by Crippen LogP contribution is -2.47. The summed E-state index contributed by atoms with van der Waals surface area (Å²) in [5.74, 6) is -0.341. The van der Waals surface area contributed by atoms with E-state index in [4.69, 9.17) is 15.6 Å². The van der Waals surface area contributed by atoms with Crippen LogP contribution in [0.5, 0.6) is 0 Å². The number of hydrogen-bond donors (Lipinski definition) is 2. The number of carboxylic acid groups (broad SMARTS) is 1. The highest BCUT2D eigenvalue weighted by molar-refractivity contribution is 5.68. The zero-order valence-corrected chi connectivity index (χ0v) is 9.53. The minimum atomic E-state index is -0.775. The number of carbonyl (C=O) groups is 1. The molecule has 1 aliphatic carbocycles. The van der Waals surface area contributed by atoms with Crippen LogP contribution in [0, 0.1) is 11.3 Å². The smallest absolute Gasteiger partial charge is 0.304 e. The highest BCUT2D eigenvalue weighted by Gasteiger charge is 2.49. The Labute approximate surface area is 90.8 Å². The number of carboxylic acids is 1. The number of methoxy groups -OCH3 is 1. The SMILES string of the molecule is CCC(N)C(COC)(CC(=O)O)C1CC1. The van der Waals surface area contributed by atoms with E-state index < -0.39 is 5.97 Å². The monoisotopic (exact) mass is 215 g/mol. The molecule has 15 heavy (non-hydrogen) atoms. The van der Waals surface area contributed by atoms with Crippen molar-refractivity contribution in [2.24, 2.45) is 17.1 Å². The molecule has 0 heterocycles. The van der Waals surface area contributed by atoms with E-state index in [0.29, 0.717) is 12.5 Å². The molecule has 0 aromatic heterocycles. The van der Waals surface area contributed by atoms with E-state index in [1.165, 1.54) is 0 Å². The standard InChI is InChI=1S/C11H21NO3/c1-3-9(12)11(7-15-2,6-10(13)14)8-4-5-8/h8-9H,3-7,12H2,1-2H3,(H,13,14). The van der Waals surface area contributed by atoms with Gasteiger partial charge in [-0.25, -0.2) is 0 Å². The number of hydrogen-bond acceptors (Lipinski definition) is 3. The van der Waals surface area contributed by atoms with Crippen molar-refractivity contribution in [2.75, 3.05) is 13.7 Å². The molecular weight excluding hydrogens is 194 g/mol. The topological polar surface area (TPSA) is 72.5 Å². The van der Waals surface area contributed by atoms with Crippen LogP contribution in [0.2, 0.25) is 0 Å². The maximum absolute atomic E-state index is 10.9. The van der Waals surface area contributed by atoms with Crippen molar-refractivity contribution >= 4 is 5.97 Å². The summed E-state index contributed by atoms with van der Waals surface area (Å²) >= 11 is 0. The van der Waals surface area contributed by atoms with E-state index in [2.05, 4.69) is 0 Å². The largest absolute Gasteiger partial charge is 0.481 e. The van der Waals surface area contributed by atoms with Gasteiger partial charge in [-0.3, -0.25) is 4.79 Å². The summed E-state index contributed by atoms with van der Waals surface area (Å²) in [4.78, 5) is 10.9. The van der Waals surface area contributed by atoms with Gasteiger partial charge in [-0.2, -0.15) is 0 Å². The van der Waals surface area contributed by atoms with E-state index in [9.17, 15) is 4.79 Å². The van der Waals surface area contributed by atoms with Crippen LogP contribution >= 0.6 is 0 Å². The van der Waals surface area contributed by atoms with Crippen LogP contribution in [0.25, 0.3) is 0 Å². The molecule has 2 atom stereocenters. The summed E-state index contributed by atoms with van der Waals surface area (Å²) in [5, 5.41) is 8.99. The first kappa shape index (κ1) is 12.5. The van der Waals surface area contributed by atoms with E-state index in [1.54, 1.807) is 7.11 Å². The fourth-order valence-electron chi connectivity index (χ4n) is 2.47. The Hall–Kier alpha value is -0.610. The Kier molecular flexibility index (Phi) is 4.11. The van der Waals surface area contributed by atoms with Gasteiger partial charge in [0.2, 0.25) is 0 Å². The average Bonchev–Trinajstić information content (AvgIpc) is 2.98. The maximum atomic E-state index is 10.9. The molecule has 0 amide bonds. The van der Waals surface area contributed by atoms with Crippen molar-refractivity contribution in [3.05, 3.63) is 0 Å². The van der Waals surface area contributed by atoms with Crippen LogP contribution in [0.3, 0.4) is 0 Å². The van der Waals surface area contributed by atoms with Gasteiger partial charge in [0.05, 0.1) is 13.0 Å². The highest BCUT2D eigenvalue weighted by atomic mass is 16.5. The Morgan fingerprint density at radius 1 is 1.67 bits per heavy atom. The van der Waals surface area contributed by atoms with E-state index in [0.717, 1.165) is 19.3 Å². The Balaban J connectivity index is 2.82. The number of rotatable bonds is 7. The second kappa shape index (κ2) is 4.94. The lowest BCUT2D eigenvalue weighted by Gasteiger charge is -2.37. The second-order valence-electron chi connectivity index (χ2n) is 4.53. The van der Waals surface area contributed by atoms with E-state index in [-0.39, 0.29) is 17.9 Å². The van der Waals surface area contributed by atoms with Crippen molar-refractivity contribution in [1.29, 1.82) is 0 Å². The molecule has 0 radical (unpaired) electrons. The molecule has 0 bridgehead atoms. The summed E-state index contributed by atoms with van der Waals surface area (Å²) < 4.78 is 5.19. The number of aliphatic carboxylic acids is 1. The first-order chi connectivity index (χ1) is 7.06. The summed E-state index contributed by atoms with van der Waals surface area (Å²) in [6, 6.07) is -0.0824. The highest BCUT2D eigenvalue weighted by Crippen LogP contribution is 2.50. The molecule has 0 aliphatic heterocycles. The predicted octanol–water partition coefficient (Wildman–Crippen LogP) is 1.24. The first-order valence-electron chi connectivity index (χ1n) is 5.53. The molecule has 3 N–H and O–H groups in total. The van der Waals surface area contributed by atoms with Gasteiger partial charge in [0, 0.05) is 18.6 Å².